The second-order valence-electron chi connectivity index (χ2n) is 5.57. The molecule has 8 heteroatoms. The number of nitrogens with one attached hydrogen (secondary N) is 2. The topological polar surface area (TPSA) is 76.7 Å². The number of esters is 1. The van der Waals surface area contributed by atoms with Gasteiger partial charge in [-0.05, 0) is 41.8 Å². The first kappa shape index (κ1) is 20.2. The van der Waals surface area contributed by atoms with E-state index in [1.165, 1.54) is 19.2 Å². The van der Waals surface area contributed by atoms with Crippen molar-refractivity contribution in [1.82, 2.24) is 10.6 Å². The fraction of sp³-hybridized carbons (Fsp3) is 0.263. The van der Waals surface area contributed by atoms with Crippen LogP contribution in [0, 0.1) is 0 Å². The monoisotopic (exact) mass is 378 g/mol. The van der Waals surface area contributed by atoms with Gasteiger partial charge in [-0.25, -0.2) is 9.59 Å². The molecule has 27 heavy (non-hydrogen) atoms. The lowest BCUT2D eigenvalue weighted by Crippen LogP contribution is -2.36. The standard InChI is InChI=1S/C19H20F2N2O4/c1-26-17(24)15-6-2-14(3-7-15)12-23-19(25)22-11-10-13-4-8-16(9-5-13)27-18(20)21/h2-9,18H,10-12H2,1H3,(H2,22,23,25). The molecule has 0 aromatic heterocycles. The van der Waals surface area contributed by atoms with E-state index in [9.17, 15) is 18.4 Å². The Hall–Kier alpha value is -3.16. The van der Waals surface area contributed by atoms with Crippen molar-refractivity contribution in [1.29, 1.82) is 0 Å². The molecule has 0 fully saturated rings. The Kier molecular flexibility index (Phi) is 7.54. The molecule has 2 aromatic rings. The van der Waals surface area contributed by atoms with Crippen molar-refractivity contribution in [3.8, 4) is 5.75 Å². The first-order chi connectivity index (χ1) is 13.0. The summed E-state index contributed by atoms with van der Waals surface area (Å²) in [4.78, 5) is 23.2. The predicted octanol–water partition coefficient (Wildman–Crippen LogP) is 3.12. The minimum atomic E-state index is -2.85. The molecule has 144 valence electrons. The van der Waals surface area contributed by atoms with Crippen molar-refractivity contribution < 1.29 is 27.8 Å². The second kappa shape index (κ2) is 10.1. The van der Waals surface area contributed by atoms with E-state index < -0.39 is 12.6 Å². The van der Waals surface area contributed by atoms with Gasteiger partial charge in [-0.15, -0.1) is 0 Å². The predicted molar refractivity (Wildman–Crippen MR) is 94.8 cm³/mol. The molecule has 0 heterocycles. The van der Waals surface area contributed by atoms with Gasteiger partial charge in [0.05, 0.1) is 12.7 Å². The second-order valence-corrected chi connectivity index (χ2v) is 5.57. The summed E-state index contributed by atoms with van der Waals surface area (Å²) < 4.78 is 33.1. The summed E-state index contributed by atoms with van der Waals surface area (Å²) in [5.74, 6) is -0.321. The van der Waals surface area contributed by atoms with Gasteiger partial charge >= 0.3 is 18.6 Å². The Bertz CT molecular complexity index is 749. The molecule has 0 aliphatic heterocycles. The van der Waals surface area contributed by atoms with Gasteiger partial charge in [-0.1, -0.05) is 24.3 Å². The normalized spacial score (nSPS) is 10.4. The summed E-state index contributed by atoms with van der Waals surface area (Å²) in [6, 6.07) is 12.6. The van der Waals surface area contributed by atoms with Gasteiger partial charge in [-0.2, -0.15) is 8.78 Å². The van der Waals surface area contributed by atoms with Crippen LogP contribution in [-0.4, -0.2) is 32.3 Å². The maximum Gasteiger partial charge on any atom is 0.387 e. The molecule has 0 saturated carbocycles. The number of hydrogen-bond acceptors (Lipinski definition) is 4. The average molecular weight is 378 g/mol. The summed E-state index contributed by atoms with van der Waals surface area (Å²) >= 11 is 0. The van der Waals surface area contributed by atoms with Crippen molar-refractivity contribution in [3.63, 3.8) is 0 Å². The molecule has 2 aromatic carbocycles. The lowest BCUT2D eigenvalue weighted by molar-refractivity contribution is -0.0498. The van der Waals surface area contributed by atoms with E-state index in [0.717, 1.165) is 11.1 Å². The number of benzene rings is 2. The highest BCUT2D eigenvalue weighted by Crippen LogP contribution is 2.15. The molecule has 0 bridgehead atoms. The number of hydrogen-bond donors (Lipinski definition) is 2. The summed E-state index contributed by atoms with van der Waals surface area (Å²) in [6.45, 7) is -2.15. The van der Waals surface area contributed by atoms with Crippen LogP contribution < -0.4 is 15.4 Å². The maximum atomic E-state index is 12.1. The number of methoxy groups -OCH3 is 1. The van der Waals surface area contributed by atoms with Gasteiger partial charge in [0.2, 0.25) is 0 Å². The highest BCUT2D eigenvalue weighted by Gasteiger charge is 2.06. The molecule has 0 radical (unpaired) electrons. The van der Waals surface area contributed by atoms with E-state index in [4.69, 9.17) is 0 Å². The minimum Gasteiger partial charge on any atom is -0.465 e. The van der Waals surface area contributed by atoms with E-state index in [1.54, 1.807) is 36.4 Å². The van der Waals surface area contributed by atoms with E-state index >= 15 is 0 Å². The summed E-state index contributed by atoms with van der Waals surface area (Å²) in [7, 11) is 1.31. The third-order valence-electron chi connectivity index (χ3n) is 3.68. The van der Waals surface area contributed by atoms with Crippen LogP contribution in [-0.2, 0) is 17.7 Å². The van der Waals surface area contributed by atoms with Crippen LogP contribution >= 0.6 is 0 Å². The van der Waals surface area contributed by atoms with E-state index in [1.807, 2.05) is 0 Å². The zero-order chi connectivity index (χ0) is 19.6. The van der Waals surface area contributed by atoms with Gasteiger partial charge in [0.25, 0.3) is 0 Å². The third kappa shape index (κ3) is 6.93. The zero-order valence-corrected chi connectivity index (χ0v) is 14.7. The van der Waals surface area contributed by atoms with Crippen LogP contribution in [0.1, 0.15) is 21.5 Å². The van der Waals surface area contributed by atoms with Crippen LogP contribution in [0.2, 0.25) is 0 Å². The SMILES string of the molecule is COC(=O)c1ccc(CNC(=O)NCCc2ccc(OC(F)F)cc2)cc1. The molecule has 2 amide bonds. The highest BCUT2D eigenvalue weighted by molar-refractivity contribution is 5.89. The van der Waals surface area contributed by atoms with E-state index in [-0.39, 0.29) is 11.8 Å². The minimum absolute atomic E-state index is 0.0951. The number of halogens is 2. The van der Waals surface area contributed by atoms with Gasteiger partial charge in [0, 0.05) is 13.1 Å². The van der Waals surface area contributed by atoms with Crippen LogP contribution in [0.5, 0.6) is 5.75 Å². The molecule has 2 rings (SSSR count). The van der Waals surface area contributed by atoms with Crippen molar-refractivity contribution in [2.45, 2.75) is 19.6 Å². The molecule has 6 nitrogen and oxygen atoms in total. The Labute approximate surface area is 155 Å². The Morgan fingerprint density at radius 2 is 1.59 bits per heavy atom. The van der Waals surface area contributed by atoms with Crippen LogP contribution in [0.15, 0.2) is 48.5 Å². The van der Waals surface area contributed by atoms with Crippen LogP contribution in [0.25, 0.3) is 0 Å². The number of rotatable bonds is 8. The van der Waals surface area contributed by atoms with Gasteiger partial charge < -0.3 is 20.1 Å². The van der Waals surface area contributed by atoms with Crippen molar-refractivity contribution >= 4 is 12.0 Å². The van der Waals surface area contributed by atoms with Gasteiger partial charge in [0.15, 0.2) is 0 Å². The largest absolute Gasteiger partial charge is 0.465 e. The number of alkyl halides is 2. The summed E-state index contributed by atoms with van der Waals surface area (Å²) in [5.41, 5.74) is 2.17. The lowest BCUT2D eigenvalue weighted by atomic mass is 10.1. The first-order valence-electron chi connectivity index (χ1n) is 8.20. The molecule has 0 saturated heterocycles. The zero-order valence-electron chi connectivity index (χ0n) is 14.7. The molecule has 0 atom stereocenters. The quantitative estimate of drug-likeness (QED) is 0.692. The van der Waals surface area contributed by atoms with E-state index in [2.05, 4.69) is 20.1 Å². The fourth-order valence-corrected chi connectivity index (χ4v) is 2.28. The summed E-state index contributed by atoms with van der Waals surface area (Å²) in [5, 5.41) is 5.42. The van der Waals surface area contributed by atoms with Crippen LogP contribution in [0.4, 0.5) is 13.6 Å². The van der Waals surface area contributed by atoms with Crippen molar-refractivity contribution in [3.05, 3.63) is 65.2 Å². The number of carbonyl (C=O) groups excluding carboxylic acids is 2. The number of amides is 2. The molecular weight excluding hydrogens is 358 g/mol. The number of urea groups is 1. The Morgan fingerprint density at radius 3 is 2.19 bits per heavy atom. The van der Waals surface area contributed by atoms with Gasteiger partial charge in [-0.3, -0.25) is 0 Å². The number of carbonyl (C=O) groups is 2. The highest BCUT2D eigenvalue weighted by atomic mass is 19.3. The smallest absolute Gasteiger partial charge is 0.387 e. The molecule has 2 N–H and O–H groups in total. The Morgan fingerprint density at radius 1 is 0.963 bits per heavy atom. The first-order valence-corrected chi connectivity index (χ1v) is 8.20. The van der Waals surface area contributed by atoms with Crippen LogP contribution in [0.3, 0.4) is 0 Å². The molecule has 0 unspecified atom stereocenters. The molecule has 0 aliphatic carbocycles. The summed E-state index contributed by atoms with van der Waals surface area (Å²) in [6.07, 6.45) is 0.552. The van der Waals surface area contributed by atoms with E-state index in [0.29, 0.717) is 25.1 Å². The van der Waals surface area contributed by atoms with Gasteiger partial charge in [0.1, 0.15) is 5.75 Å². The third-order valence-corrected chi connectivity index (χ3v) is 3.68. The molecule has 0 spiro atoms. The average Bonchev–Trinajstić information content (AvgIpc) is 2.67. The Balaban J connectivity index is 1.69. The lowest BCUT2D eigenvalue weighted by Gasteiger charge is -2.09. The maximum absolute atomic E-state index is 12.1. The van der Waals surface area contributed by atoms with Crippen molar-refractivity contribution in [2.24, 2.45) is 0 Å². The number of ether oxygens (including phenoxy) is 2. The molecular formula is C19H20F2N2O4. The fourth-order valence-electron chi connectivity index (χ4n) is 2.28. The molecule has 0 aliphatic rings. The van der Waals surface area contributed by atoms with Crippen molar-refractivity contribution in [2.75, 3.05) is 13.7 Å².